The van der Waals surface area contributed by atoms with Crippen LogP contribution in [-0.4, -0.2) is 17.5 Å². The summed E-state index contributed by atoms with van der Waals surface area (Å²) >= 11 is 0. The van der Waals surface area contributed by atoms with Gasteiger partial charge in [-0.2, -0.15) is 0 Å². The first-order chi connectivity index (χ1) is 11.0. The number of hydrogen-bond acceptors (Lipinski definition) is 1. The number of rotatable bonds is 7. The number of benzene rings is 1. The molecule has 0 bridgehead atoms. The molecule has 2 atom stereocenters. The molecule has 0 N–H and O–H groups in total. The summed E-state index contributed by atoms with van der Waals surface area (Å²) in [5, 5.41) is 0. The minimum absolute atomic E-state index is 0.562. The maximum Gasteiger partial charge on any atom is 0.0392 e. The van der Waals surface area contributed by atoms with Crippen LogP contribution in [0.25, 0.3) is 0 Å². The van der Waals surface area contributed by atoms with Crippen molar-refractivity contribution >= 4 is 0 Å². The average molecular weight is 312 g/mol. The minimum Gasteiger partial charge on any atom is -0.371 e. The first kappa shape index (κ1) is 17.8. The van der Waals surface area contributed by atoms with Crippen molar-refractivity contribution < 1.29 is 0 Å². The van der Waals surface area contributed by atoms with E-state index in [4.69, 9.17) is 0 Å². The van der Waals surface area contributed by atoms with Crippen molar-refractivity contribution in [3.63, 3.8) is 0 Å². The molecule has 1 heterocycles. The Bertz CT molecular complexity index is 524. The Morgan fingerprint density at radius 1 is 1.00 bits per heavy atom. The maximum atomic E-state index is 2.46. The van der Waals surface area contributed by atoms with Crippen LogP contribution in [0.1, 0.15) is 58.9 Å². The molecule has 0 fully saturated rings. The topological polar surface area (TPSA) is 3.24 Å². The van der Waals surface area contributed by atoms with Crippen LogP contribution in [0.5, 0.6) is 0 Å². The average Bonchev–Trinajstić information content (AvgIpc) is 2.55. The van der Waals surface area contributed by atoms with Crippen molar-refractivity contribution in [2.24, 2.45) is 11.8 Å². The number of nitrogens with zero attached hydrogens (tertiary/aromatic N) is 1. The van der Waals surface area contributed by atoms with Gasteiger partial charge in [-0.15, -0.1) is 0 Å². The van der Waals surface area contributed by atoms with Crippen molar-refractivity contribution in [1.82, 2.24) is 4.90 Å². The van der Waals surface area contributed by atoms with Crippen LogP contribution in [0, 0.1) is 11.8 Å². The van der Waals surface area contributed by atoms with Crippen molar-refractivity contribution in [1.29, 1.82) is 0 Å². The van der Waals surface area contributed by atoms with E-state index in [2.05, 4.69) is 88.2 Å². The van der Waals surface area contributed by atoms with E-state index in [1.165, 1.54) is 18.4 Å². The zero-order valence-corrected chi connectivity index (χ0v) is 15.5. The van der Waals surface area contributed by atoms with Gasteiger partial charge in [0.25, 0.3) is 0 Å². The summed E-state index contributed by atoms with van der Waals surface area (Å²) in [7, 11) is 0. The Morgan fingerprint density at radius 2 is 1.70 bits per heavy atom. The third-order valence-electron chi connectivity index (χ3n) is 4.97. The Balaban J connectivity index is 2.29. The molecule has 2 unspecified atom stereocenters. The van der Waals surface area contributed by atoms with Gasteiger partial charge in [-0.05, 0) is 67.9 Å². The first-order valence-corrected chi connectivity index (χ1v) is 9.20. The molecule has 126 valence electrons. The second-order valence-electron chi connectivity index (χ2n) is 7.51. The van der Waals surface area contributed by atoms with Gasteiger partial charge in [-0.25, -0.2) is 0 Å². The lowest BCUT2D eigenvalue weighted by molar-refractivity contribution is 0.297. The van der Waals surface area contributed by atoms with Crippen molar-refractivity contribution in [3.8, 4) is 0 Å². The predicted octanol–water partition coefficient (Wildman–Crippen LogP) is 6.01. The van der Waals surface area contributed by atoms with Crippen LogP contribution in [0.15, 0.2) is 54.3 Å². The smallest absolute Gasteiger partial charge is 0.0392 e. The highest BCUT2D eigenvalue weighted by molar-refractivity contribution is 5.28. The molecule has 0 radical (unpaired) electrons. The van der Waals surface area contributed by atoms with Crippen LogP contribution >= 0.6 is 0 Å². The summed E-state index contributed by atoms with van der Waals surface area (Å²) in [5.74, 6) is 1.97. The molecule has 1 aromatic carbocycles. The second-order valence-corrected chi connectivity index (χ2v) is 7.51. The first-order valence-electron chi connectivity index (χ1n) is 9.20. The SMILES string of the molecule is CCC(c1ccccc1)C(CC(C)C)C1=CC=CN(C(C)C)C1. The van der Waals surface area contributed by atoms with Gasteiger partial charge in [0.1, 0.15) is 0 Å². The van der Waals surface area contributed by atoms with E-state index in [9.17, 15) is 0 Å². The van der Waals surface area contributed by atoms with E-state index in [-0.39, 0.29) is 0 Å². The van der Waals surface area contributed by atoms with Gasteiger partial charge in [-0.3, -0.25) is 0 Å². The lowest BCUT2D eigenvalue weighted by atomic mass is 9.75. The Labute approximate surface area is 143 Å². The van der Waals surface area contributed by atoms with Gasteiger partial charge in [0, 0.05) is 12.6 Å². The van der Waals surface area contributed by atoms with Crippen LogP contribution in [0.4, 0.5) is 0 Å². The lowest BCUT2D eigenvalue weighted by Gasteiger charge is -2.36. The van der Waals surface area contributed by atoms with Crippen LogP contribution < -0.4 is 0 Å². The second kappa shape index (κ2) is 8.38. The van der Waals surface area contributed by atoms with Gasteiger partial charge < -0.3 is 4.90 Å². The molecule has 1 aliphatic heterocycles. The van der Waals surface area contributed by atoms with Crippen molar-refractivity contribution in [3.05, 3.63) is 59.8 Å². The molecule has 1 aromatic rings. The highest BCUT2D eigenvalue weighted by Crippen LogP contribution is 2.38. The van der Waals surface area contributed by atoms with Crippen LogP contribution in [0.2, 0.25) is 0 Å². The molecule has 0 aliphatic carbocycles. The predicted molar refractivity (Wildman–Crippen MR) is 101 cm³/mol. The van der Waals surface area contributed by atoms with Gasteiger partial charge in [0.15, 0.2) is 0 Å². The zero-order valence-electron chi connectivity index (χ0n) is 15.5. The highest BCUT2D eigenvalue weighted by atomic mass is 15.1. The fourth-order valence-electron chi connectivity index (χ4n) is 3.72. The summed E-state index contributed by atoms with van der Waals surface area (Å²) in [6, 6.07) is 11.7. The third-order valence-corrected chi connectivity index (χ3v) is 4.97. The van der Waals surface area contributed by atoms with E-state index in [1.54, 1.807) is 5.57 Å². The lowest BCUT2D eigenvalue weighted by Crippen LogP contribution is -2.32. The summed E-state index contributed by atoms with van der Waals surface area (Å²) in [6.07, 6.45) is 9.31. The van der Waals surface area contributed by atoms with Gasteiger partial charge in [0.2, 0.25) is 0 Å². The van der Waals surface area contributed by atoms with Crippen molar-refractivity contribution in [2.45, 2.75) is 59.4 Å². The minimum atomic E-state index is 0.562. The summed E-state index contributed by atoms with van der Waals surface area (Å²) in [4.78, 5) is 2.46. The monoisotopic (exact) mass is 311 g/mol. The van der Waals surface area contributed by atoms with Gasteiger partial charge >= 0.3 is 0 Å². The molecule has 0 saturated carbocycles. The quantitative estimate of drug-likeness (QED) is 0.596. The molecule has 2 rings (SSSR count). The van der Waals surface area contributed by atoms with E-state index in [0.29, 0.717) is 17.9 Å². The molecular formula is C22H33N. The van der Waals surface area contributed by atoms with Crippen LogP contribution in [0.3, 0.4) is 0 Å². The molecule has 1 aliphatic rings. The molecule has 1 heteroatoms. The summed E-state index contributed by atoms with van der Waals surface area (Å²) in [6.45, 7) is 12.7. The van der Waals surface area contributed by atoms with Gasteiger partial charge in [-0.1, -0.05) is 57.2 Å². The Morgan fingerprint density at radius 3 is 2.26 bits per heavy atom. The van der Waals surface area contributed by atoms with Crippen molar-refractivity contribution in [2.75, 3.05) is 6.54 Å². The largest absolute Gasteiger partial charge is 0.371 e. The summed E-state index contributed by atoms with van der Waals surface area (Å²) < 4.78 is 0. The fourth-order valence-corrected chi connectivity index (χ4v) is 3.72. The van der Waals surface area contributed by atoms with Crippen LogP contribution in [-0.2, 0) is 0 Å². The standard InChI is InChI=1S/C22H33N/c1-6-21(19-11-8-7-9-12-19)22(15-17(2)3)20-13-10-14-23(16-20)18(4)5/h7-14,17-18,21-22H,6,15-16H2,1-5H3. The van der Waals surface area contributed by atoms with E-state index >= 15 is 0 Å². The van der Waals surface area contributed by atoms with E-state index in [0.717, 1.165) is 12.5 Å². The molecule has 0 aromatic heterocycles. The summed E-state index contributed by atoms with van der Waals surface area (Å²) in [5.41, 5.74) is 3.10. The van der Waals surface area contributed by atoms with E-state index in [1.807, 2.05) is 0 Å². The molecular weight excluding hydrogens is 278 g/mol. The Hall–Kier alpha value is -1.50. The Kier molecular flexibility index (Phi) is 6.50. The third kappa shape index (κ3) is 4.73. The highest BCUT2D eigenvalue weighted by Gasteiger charge is 2.27. The maximum absolute atomic E-state index is 2.46. The number of hydrogen-bond donors (Lipinski definition) is 0. The molecule has 23 heavy (non-hydrogen) atoms. The zero-order chi connectivity index (χ0) is 16.8. The molecule has 1 nitrogen and oxygen atoms in total. The number of allylic oxidation sites excluding steroid dienone is 2. The van der Waals surface area contributed by atoms with Gasteiger partial charge in [0.05, 0.1) is 0 Å². The van der Waals surface area contributed by atoms with E-state index < -0.39 is 0 Å². The fraction of sp³-hybridized carbons (Fsp3) is 0.545. The molecule has 0 saturated heterocycles. The molecule has 0 spiro atoms. The normalized spacial score (nSPS) is 17.5. The molecule has 0 amide bonds.